The van der Waals surface area contributed by atoms with Crippen LogP contribution < -0.4 is 0 Å². The number of rotatable bonds is 7. The summed E-state index contributed by atoms with van der Waals surface area (Å²) < 4.78 is 2.82. The summed E-state index contributed by atoms with van der Waals surface area (Å²) >= 11 is 0. The van der Waals surface area contributed by atoms with Gasteiger partial charge < -0.3 is 19.8 Å². The van der Waals surface area contributed by atoms with E-state index in [0.29, 0.717) is 5.69 Å². The Morgan fingerprint density at radius 2 is 2.30 bits per heavy atom. The predicted molar refractivity (Wildman–Crippen MR) is 64.8 cm³/mol. The average molecular weight is 281 g/mol. The number of aromatic nitrogens is 5. The van der Waals surface area contributed by atoms with Crippen LogP contribution in [0.15, 0.2) is 23.9 Å². The molecule has 2 aromatic heterocycles. The molecule has 0 bridgehead atoms. The summed E-state index contributed by atoms with van der Waals surface area (Å²) in [5.74, 6) is -0.254. The highest BCUT2D eigenvalue weighted by atomic mass is 16.6. The van der Waals surface area contributed by atoms with E-state index >= 15 is 0 Å². The monoisotopic (exact) mass is 281 g/mol. The maximum absolute atomic E-state index is 10.5. The van der Waals surface area contributed by atoms with Crippen LogP contribution in [0.3, 0.4) is 0 Å². The second-order valence-corrected chi connectivity index (χ2v) is 4.00. The molecule has 106 valence electrons. The third-order valence-electron chi connectivity index (χ3n) is 2.58. The van der Waals surface area contributed by atoms with Gasteiger partial charge in [-0.2, -0.15) is 4.91 Å². The average Bonchev–Trinajstić information content (AvgIpc) is 3.06. The maximum Gasteiger partial charge on any atom is 0.381 e. The molecule has 11 nitrogen and oxygen atoms in total. The highest BCUT2D eigenvalue weighted by Crippen LogP contribution is 2.09. The van der Waals surface area contributed by atoms with E-state index in [2.05, 4.69) is 20.5 Å². The third kappa shape index (κ3) is 3.00. The first-order valence-corrected chi connectivity index (χ1v) is 5.61. The Kier molecular flexibility index (Phi) is 4.10. The van der Waals surface area contributed by atoms with Crippen LogP contribution in [0.4, 0.5) is 5.82 Å². The molecular weight excluding hydrogens is 270 g/mol. The van der Waals surface area contributed by atoms with Crippen molar-refractivity contribution < 1.29 is 10.0 Å². The van der Waals surface area contributed by atoms with Gasteiger partial charge in [0, 0.05) is 0 Å². The normalized spacial score (nSPS) is 12.2. The number of imidazole rings is 1. The van der Waals surface area contributed by atoms with Gasteiger partial charge in [0.05, 0.1) is 25.4 Å². The summed E-state index contributed by atoms with van der Waals surface area (Å²) in [4.78, 5) is 23.7. The van der Waals surface area contributed by atoms with Gasteiger partial charge in [-0.1, -0.05) is 10.4 Å². The molecule has 0 saturated heterocycles. The molecule has 1 atom stereocenters. The SMILES string of the molecule is O=NCC(CO)n1cc(Cn2cnc([N+](=O)[O-])c2)nn1. The molecule has 0 spiro atoms. The van der Waals surface area contributed by atoms with Crippen LogP contribution in [0, 0.1) is 15.0 Å². The minimum atomic E-state index is -0.592. The molecule has 2 aromatic rings. The number of hydrogen-bond acceptors (Lipinski definition) is 8. The van der Waals surface area contributed by atoms with Crippen LogP contribution in [0.25, 0.3) is 0 Å². The largest absolute Gasteiger partial charge is 0.394 e. The number of nitrogens with zero attached hydrogens (tertiary/aromatic N) is 7. The van der Waals surface area contributed by atoms with Gasteiger partial charge in [0.2, 0.25) is 6.33 Å². The molecule has 0 aliphatic carbocycles. The van der Waals surface area contributed by atoms with Gasteiger partial charge >= 0.3 is 5.82 Å². The molecule has 2 heterocycles. The molecule has 0 aliphatic rings. The van der Waals surface area contributed by atoms with Crippen LogP contribution >= 0.6 is 0 Å². The molecule has 1 N–H and O–H groups in total. The highest BCUT2D eigenvalue weighted by molar-refractivity contribution is 5.13. The van der Waals surface area contributed by atoms with Crippen molar-refractivity contribution in [3.05, 3.63) is 39.4 Å². The van der Waals surface area contributed by atoms with Crippen molar-refractivity contribution in [2.24, 2.45) is 5.18 Å². The van der Waals surface area contributed by atoms with Crippen molar-refractivity contribution in [1.29, 1.82) is 0 Å². The van der Waals surface area contributed by atoms with Gasteiger partial charge in [-0.3, -0.25) is 0 Å². The lowest BCUT2D eigenvalue weighted by Gasteiger charge is -2.08. The fourth-order valence-corrected chi connectivity index (χ4v) is 1.59. The van der Waals surface area contributed by atoms with Crippen LogP contribution in [0.1, 0.15) is 11.7 Å². The Labute approximate surface area is 112 Å². The smallest absolute Gasteiger partial charge is 0.381 e. The van der Waals surface area contributed by atoms with Gasteiger partial charge in [0.1, 0.15) is 18.4 Å². The van der Waals surface area contributed by atoms with E-state index in [9.17, 15) is 15.0 Å². The Bertz CT molecular complexity index is 607. The van der Waals surface area contributed by atoms with Crippen molar-refractivity contribution in [2.45, 2.75) is 12.6 Å². The van der Waals surface area contributed by atoms with E-state index < -0.39 is 11.0 Å². The summed E-state index contributed by atoms with van der Waals surface area (Å²) in [7, 11) is 0. The Hall–Kier alpha value is -2.69. The van der Waals surface area contributed by atoms with Crippen molar-refractivity contribution in [3.63, 3.8) is 0 Å². The van der Waals surface area contributed by atoms with Gasteiger partial charge in [-0.05, 0) is 9.91 Å². The van der Waals surface area contributed by atoms with E-state index in [1.54, 1.807) is 0 Å². The summed E-state index contributed by atoms with van der Waals surface area (Å²) in [5.41, 5.74) is 0.515. The van der Waals surface area contributed by atoms with Crippen LogP contribution in [-0.4, -0.2) is 47.7 Å². The van der Waals surface area contributed by atoms with Crippen molar-refractivity contribution in [3.8, 4) is 0 Å². The molecule has 20 heavy (non-hydrogen) atoms. The first kappa shape index (κ1) is 13.7. The van der Waals surface area contributed by atoms with Crippen molar-refractivity contribution >= 4 is 5.82 Å². The maximum atomic E-state index is 10.5. The second kappa shape index (κ2) is 5.97. The molecule has 0 amide bonds. The van der Waals surface area contributed by atoms with Crippen molar-refractivity contribution in [2.75, 3.05) is 13.2 Å². The zero-order valence-electron chi connectivity index (χ0n) is 10.2. The molecule has 0 fully saturated rings. The van der Waals surface area contributed by atoms with Crippen molar-refractivity contribution in [1.82, 2.24) is 24.5 Å². The van der Waals surface area contributed by atoms with E-state index in [0.717, 1.165) is 0 Å². The van der Waals surface area contributed by atoms with Crippen LogP contribution in [0.5, 0.6) is 0 Å². The minimum absolute atomic E-state index is 0.115. The molecule has 0 aromatic carbocycles. The Morgan fingerprint density at radius 1 is 1.50 bits per heavy atom. The number of aliphatic hydroxyl groups excluding tert-OH is 1. The lowest BCUT2D eigenvalue weighted by Crippen LogP contribution is -2.16. The molecule has 1 unspecified atom stereocenters. The molecule has 2 rings (SSSR count). The quantitative estimate of drug-likeness (QED) is 0.418. The van der Waals surface area contributed by atoms with E-state index in [-0.39, 0.29) is 25.5 Å². The Morgan fingerprint density at radius 3 is 2.90 bits per heavy atom. The molecular formula is C9H11N7O4. The summed E-state index contributed by atoms with van der Waals surface area (Å²) in [6, 6.07) is -0.564. The molecule has 11 heteroatoms. The molecule has 0 saturated carbocycles. The third-order valence-corrected chi connectivity index (χ3v) is 2.58. The summed E-state index contributed by atoms with van der Waals surface area (Å²) in [6.45, 7) is -0.158. The zero-order chi connectivity index (χ0) is 14.5. The lowest BCUT2D eigenvalue weighted by atomic mass is 10.3. The van der Waals surface area contributed by atoms with E-state index in [1.165, 1.54) is 28.0 Å². The van der Waals surface area contributed by atoms with Gasteiger partial charge in [0.25, 0.3) is 0 Å². The standard InChI is InChI=1S/C9H11N7O4/c17-5-8(1-11-18)15-3-7(12-13-15)2-14-4-9(10-6-14)16(19)20/h3-4,6,8,17H,1-2,5H2. The molecule has 0 aliphatic heterocycles. The first-order valence-electron chi connectivity index (χ1n) is 5.61. The topological polar surface area (TPSA) is 141 Å². The van der Waals surface area contributed by atoms with E-state index in [1.807, 2.05) is 0 Å². The Balaban J connectivity index is 2.08. The lowest BCUT2D eigenvalue weighted by molar-refractivity contribution is -0.389. The number of nitroso groups, excluding NO2 is 1. The minimum Gasteiger partial charge on any atom is -0.394 e. The van der Waals surface area contributed by atoms with Gasteiger partial charge in [-0.15, -0.1) is 5.10 Å². The van der Waals surface area contributed by atoms with Gasteiger partial charge in [-0.25, -0.2) is 4.68 Å². The number of hydrogen-bond donors (Lipinski definition) is 1. The molecule has 0 radical (unpaired) electrons. The van der Waals surface area contributed by atoms with Crippen LogP contribution in [0.2, 0.25) is 0 Å². The number of nitro groups is 1. The fourth-order valence-electron chi connectivity index (χ4n) is 1.59. The second-order valence-electron chi connectivity index (χ2n) is 4.00. The summed E-state index contributed by atoms with van der Waals surface area (Å²) in [5, 5.41) is 29.9. The fraction of sp³-hybridized carbons (Fsp3) is 0.444. The highest BCUT2D eigenvalue weighted by Gasteiger charge is 2.14. The van der Waals surface area contributed by atoms with Gasteiger partial charge in [0.15, 0.2) is 0 Å². The van der Waals surface area contributed by atoms with E-state index in [4.69, 9.17) is 5.11 Å². The predicted octanol–water partition coefficient (Wildman–Crippen LogP) is -0.269. The zero-order valence-corrected chi connectivity index (χ0v) is 10.2. The number of aliphatic hydroxyl groups is 1. The first-order chi connectivity index (χ1) is 9.63. The van der Waals surface area contributed by atoms with Crippen LogP contribution in [-0.2, 0) is 6.54 Å². The summed E-state index contributed by atoms with van der Waals surface area (Å²) in [6.07, 6.45) is 4.13.